The molecule has 0 bridgehead atoms. The second kappa shape index (κ2) is 5.62. The fourth-order valence-electron chi connectivity index (χ4n) is 1.07. The Morgan fingerprint density at radius 2 is 2.31 bits per heavy atom. The number of aromatic nitrogens is 1. The highest BCUT2D eigenvalue weighted by atomic mass is 35.5. The molecule has 0 aromatic carbocycles. The van der Waals surface area contributed by atoms with E-state index in [1.807, 2.05) is 0 Å². The summed E-state index contributed by atoms with van der Waals surface area (Å²) in [4.78, 5) is 5.90. The van der Waals surface area contributed by atoms with Crippen molar-refractivity contribution in [2.24, 2.45) is 5.11 Å². The Labute approximate surface area is 94.9 Å². The van der Waals surface area contributed by atoms with E-state index in [1.165, 1.54) is 0 Å². The van der Waals surface area contributed by atoms with Gasteiger partial charge in [0.2, 0.25) is 0 Å². The molecule has 0 saturated heterocycles. The maximum atomic E-state index is 12.8. The lowest BCUT2D eigenvalue weighted by atomic mass is 10.1. The molecule has 16 heavy (non-hydrogen) atoms. The summed E-state index contributed by atoms with van der Waals surface area (Å²) in [6.45, 7) is -0.343. The van der Waals surface area contributed by atoms with Gasteiger partial charge < -0.3 is 10.2 Å². The number of rotatable bonds is 4. The Bertz CT molecular complexity index is 424. The highest BCUT2D eigenvalue weighted by Gasteiger charge is 2.21. The Hall–Kier alpha value is -1.40. The van der Waals surface area contributed by atoms with E-state index < -0.39 is 18.0 Å². The quantitative estimate of drug-likeness (QED) is 0.365. The predicted octanol–water partition coefficient (Wildman–Crippen LogP) is 1.58. The van der Waals surface area contributed by atoms with Crippen LogP contribution in [0.25, 0.3) is 10.4 Å². The Kier molecular flexibility index (Phi) is 4.45. The molecule has 0 radical (unpaired) electrons. The van der Waals surface area contributed by atoms with E-state index in [0.29, 0.717) is 0 Å². The molecule has 0 spiro atoms. The molecule has 2 atom stereocenters. The molecule has 0 aliphatic rings. The van der Waals surface area contributed by atoms with E-state index >= 15 is 0 Å². The molecular formula is C8H8ClFN4O2. The number of pyridine rings is 1. The van der Waals surface area contributed by atoms with E-state index in [-0.39, 0.29) is 17.3 Å². The van der Waals surface area contributed by atoms with Crippen molar-refractivity contribution in [2.75, 3.05) is 6.54 Å². The van der Waals surface area contributed by atoms with Gasteiger partial charge in [0.15, 0.2) is 0 Å². The summed E-state index contributed by atoms with van der Waals surface area (Å²) in [5.41, 5.74) is 7.98. The van der Waals surface area contributed by atoms with Gasteiger partial charge in [0.25, 0.3) is 0 Å². The summed E-state index contributed by atoms with van der Waals surface area (Å²) < 4.78 is 12.8. The monoisotopic (exact) mass is 246 g/mol. The molecule has 1 aromatic heterocycles. The minimum Gasteiger partial charge on any atom is -0.390 e. The van der Waals surface area contributed by atoms with Gasteiger partial charge in [-0.15, -0.1) is 0 Å². The smallest absolute Gasteiger partial charge is 0.141 e. The molecule has 1 heterocycles. The van der Waals surface area contributed by atoms with Crippen LogP contribution < -0.4 is 0 Å². The first-order valence-electron chi connectivity index (χ1n) is 4.24. The normalized spacial score (nSPS) is 14.0. The molecule has 8 heteroatoms. The van der Waals surface area contributed by atoms with E-state index in [1.54, 1.807) is 0 Å². The zero-order valence-corrected chi connectivity index (χ0v) is 8.71. The van der Waals surface area contributed by atoms with Crippen molar-refractivity contribution >= 4 is 11.6 Å². The Morgan fingerprint density at radius 1 is 1.62 bits per heavy atom. The fourth-order valence-corrected chi connectivity index (χ4v) is 1.29. The van der Waals surface area contributed by atoms with Crippen LogP contribution in [0.4, 0.5) is 4.39 Å². The number of halogens is 2. The van der Waals surface area contributed by atoms with Crippen molar-refractivity contribution in [2.45, 2.75) is 12.2 Å². The zero-order chi connectivity index (χ0) is 12.1. The minimum absolute atomic E-state index is 0.0534. The van der Waals surface area contributed by atoms with Crippen LogP contribution in [0.1, 0.15) is 11.7 Å². The van der Waals surface area contributed by atoms with Crippen LogP contribution >= 0.6 is 11.6 Å². The first kappa shape index (κ1) is 12.7. The van der Waals surface area contributed by atoms with E-state index in [9.17, 15) is 14.6 Å². The standard InChI is InChI=1S/C8H8ClFN4O2/c9-8-5(1-4(10)2-12-8)7(16)6(15)3-13-14-11/h1-2,6-7,15-16H,3H2. The first-order valence-corrected chi connectivity index (χ1v) is 4.62. The summed E-state index contributed by atoms with van der Waals surface area (Å²) in [5, 5.41) is 22.0. The van der Waals surface area contributed by atoms with Gasteiger partial charge in [0.1, 0.15) is 17.1 Å². The number of azide groups is 1. The van der Waals surface area contributed by atoms with Crippen LogP contribution in [0.3, 0.4) is 0 Å². The molecular weight excluding hydrogens is 239 g/mol. The zero-order valence-electron chi connectivity index (χ0n) is 7.96. The molecule has 1 rings (SSSR count). The third-order valence-corrected chi connectivity index (χ3v) is 2.16. The van der Waals surface area contributed by atoms with Crippen molar-refractivity contribution in [1.82, 2.24) is 4.98 Å². The number of hydrogen-bond acceptors (Lipinski definition) is 4. The highest BCUT2D eigenvalue weighted by molar-refractivity contribution is 6.30. The molecule has 0 aliphatic heterocycles. The van der Waals surface area contributed by atoms with Crippen LogP contribution in [0.5, 0.6) is 0 Å². The molecule has 0 fully saturated rings. The fraction of sp³-hybridized carbons (Fsp3) is 0.375. The minimum atomic E-state index is -1.46. The lowest BCUT2D eigenvalue weighted by Gasteiger charge is -2.16. The average Bonchev–Trinajstić information content (AvgIpc) is 2.28. The average molecular weight is 247 g/mol. The van der Waals surface area contributed by atoms with Gasteiger partial charge in [0, 0.05) is 10.5 Å². The van der Waals surface area contributed by atoms with Crippen molar-refractivity contribution in [1.29, 1.82) is 0 Å². The summed E-state index contributed by atoms with van der Waals surface area (Å²) in [7, 11) is 0. The summed E-state index contributed by atoms with van der Waals surface area (Å²) in [6.07, 6.45) is -1.93. The molecule has 6 nitrogen and oxygen atoms in total. The maximum Gasteiger partial charge on any atom is 0.141 e. The molecule has 1 aromatic rings. The van der Waals surface area contributed by atoms with Gasteiger partial charge in [-0.3, -0.25) is 0 Å². The predicted molar refractivity (Wildman–Crippen MR) is 54.2 cm³/mol. The topological polar surface area (TPSA) is 102 Å². The van der Waals surface area contributed by atoms with Gasteiger partial charge in [-0.05, 0) is 11.6 Å². The SMILES string of the molecule is [N-]=[N+]=NCC(O)C(O)c1cc(F)cnc1Cl. The van der Waals surface area contributed by atoms with Crippen molar-refractivity contribution in [3.05, 3.63) is 39.2 Å². The molecule has 2 N–H and O–H groups in total. The molecule has 0 saturated carbocycles. The van der Waals surface area contributed by atoms with E-state index in [2.05, 4.69) is 15.0 Å². The summed E-state index contributed by atoms with van der Waals surface area (Å²) in [6, 6.07) is 0.958. The Morgan fingerprint density at radius 3 is 2.94 bits per heavy atom. The van der Waals surface area contributed by atoms with Crippen LogP contribution in [0.15, 0.2) is 17.4 Å². The van der Waals surface area contributed by atoms with Crippen molar-refractivity contribution in [3.63, 3.8) is 0 Å². The third kappa shape index (κ3) is 3.04. The molecule has 86 valence electrons. The lowest BCUT2D eigenvalue weighted by Crippen LogP contribution is -2.21. The van der Waals surface area contributed by atoms with Gasteiger partial charge in [-0.2, -0.15) is 0 Å². The van der Waals surface area contributed by atoms with Crippen molar-refractivity contribution < 1.29 is 14.6 Å². The van der Waals surface area contributed by atoms with Crippen LogP contribution in [0.2, 0.25) is 5.15 Å². The Balaban J connectivity index is 2.90. The maximum absolute atomic E-state index is 12.8. The van der Waals surface area contributed by atoms with Crippen LogP contribution in [-0.4, -0.2) is 27.8 Å². The van der Waals surface area contributed by atoms with Crippen LogP contribution in [-0.2, 0) is 0 Å². The van der Waals surface area contributed by atoms with Crippen LogP contribution in [0, 0.1) is 5.82 Å². The van der Waals surface area contributed by atoms with Crippen molar-refractivity contribution in [3.8, 4) is 0 Å². The van der Waals surface area contributed by atoms with Gasteiger partial charge >= 0.3 is 0 Å². The lowest BCUT2D eigenvalue weighted by molar-refractivity contribution is 0.0241. The van der Waals surface area contributed by atoms with Gasteiger partial charge in [-0.25, -0.2) is 9.37 Å². The first-order chi connectivity index (χ1) is 7.56. The van der Waals surface area contributed by atoms with E-state index in [4.69, 9.17) is 17.1 Å². The highest BCUT2D eigenvalue weighted by Crippen LogP contribution is 2.24. The number of aliphatic hydroxyl groups is 2. The summed E-state index contributed by atoms with van der Waals surface area (Å²) >= 11 is 5.62. The summed E-state index contributed by atoms with van der Waals surface area (Å²) in [5.74, 6) is -0.686. The second-order valence-electron chi connectivity index (χ2n) is 2.96. The largest absolute Gasteiger partial charge is 0.390 e. The second-order valence-corrected chi connectivity index (χ2v) is 3.32. The number of nitrogens with zero attached hydrogens (tertiary/aromatic N) is 4. The third-order valence-electron chi connectivity index (χ3n) is 1.85. The number of aliphatic hydroxyl groups excluding tert-OH is 2. The van der Waals surface area contributed by atoms with Gasteiger partial charge in [0.05, 0.1) is 18.8 Å². The molecule has 2 unspecified atom stereocenters. The van der Waals surface area contributed by atoms with Gasteiger partial charge in [-0.1, -0.05) is 16.7 Å². The van der Waals surface area contributed by atoms with E-state index in [0.717, 1.165) is 12.3 Å². The molecule has 0 amide bonds. The number of hydrogen-bond donors (Lipinski definition) is 2. The molecule has 0 aliphatic carbocycles.